The Labute approximate surface area is 414 Å². The summed E-state index contributed by atoms with van der Waals surface area (Å²) < 4.78 is 0. The van der Waals surface area contributed by atoms with E-state index in [-0.39, 0.29) is 49.4 Å². The van der Waals surface area contributed by atoms with Crippen molar-refractivity contribution in [2.75, 3.05) is 37.6 Å². The fourth-order valence-electron chi connectivity index (χ4n) is 10.4. The lowest BCUT2D eigenvalue weighted by molar-refractivity contribution is -0.144. The molecule has 2 saturated heterocycles. The Bertz CT molecular complexity index is 2840. The number of likely N-dealkylation sites (tertiary alicyclic amines) is 1. The predicted octanol–water partition coefficient (Wildman–Crippen LogP) is 7.70. The van der Waals surface area contributed by atoms with Crippen molar-refractivity contribution in [1.29, 1.82) is 5.26 Å². The molecule has 4 N–H and O–H groups in total. The molecule has 5 aromatic rings. The van der Waals surface area contributed by atoms with E-state index >= 15 is 0 Å². The molecule has 15 heteroatoms. The van der Waals surface area contributed by atoms with E-state index in [9.17, 15) is 34.3 Å². The highest BCUT2D eigenvalue weighted by atomic mass is 32.1. The van der Waals surface area contributed by atoms with Gasteiger partial charge < -0.3 is 35.4 Å². The number of nitriles is 1. The van der Waals surface area contributed by atoms with Gasteiger partial charge >= 0.3 is 0 Å². The first-order valence-electron chi connectivity index (χ1n) is 24.8. The molecule has 14 nitrogen and oxygen atoms in total. The maximum Gasteiger partial charge on any atom is 0.246 e. The summed E-state index contributed by atoms with van der Waals surface area (Å²) in [6.07, 6.45) is 3.54. The average molecular weight is 967 g/mol. The molecule has 0 radical (unpaired) electrons. The third-order valence-corrected chi connectivity index (χ3v) is 15.5. The van der Waals surface area contributed by atoms with Crippen molar-refractivity contribution >= 4 is 57.3 Å². The number of thiazole rings is 1. The quantitative estimate of drug-likeness (QED) is 0.0762. The molecule has 2 fully saturated rings. The van der Waals surface area contributed by atoms with Crippen LogP contribution in [0.5, 0.6) is 0 Å². The molecule has 0 bridgehead atoms. The van der Waals surface area contributed by atoms with E-state index in [1.807, 2.05) is 68.4 Å². The number of nitrogens with zero attached hydrogens (tertiary/aromatic N) is 5. The van der Waals surface area contributed by atoms with Crippen molar-refractivity contribution in [3.63, 3.8) is 0 Å². The SMILES string of the molecule is CCc1cc2c(cc1N1CCN(C(=O)CCCCCCC(=O)N[C@H](C(=O)N3C[C@H](O)C[C@H]3C(=O)NCc3ccc(-c4scnc4C)cc3)C(C)(C)C)CC1)C(C)(C)c1[nH]c3cc(C#N)ccc3c1C2=O. The number of unbranched alkanes of at least 4 members (excludes halogenated alkanes) is 3. The van der Waals surface area contributed by atoms with E-state index in [1.165, 1.54) is 4.90 Å². The lowest BCUT2D eigenvalue weighted by Crippen LogP contribution is -2.57. The van der Waals surface area contributed by atoms with Gasteiger partial charge in [0.2, 0.25) is 23.6 Å². The summed E-state index contributed by atoms with van der Waals surface area (Å²) in [4.78, 5) is 83.0. The van der Waals surface area contributed by atoms with Gasteiger partial charge in [-0.2, -0.15) is 5.26 Å². The topological polar surface area (TPSA) is 192 Å². The molecule has 70 heavy (non-hydrogen) atoms. The van der Waals surface area contributed by atoms with Crippen LogP contribution in [0.4, 0.5) is 5.69 Å². The molecule has 0 saturated carbocycles. The second-order valence-electron chi connectivity index (χ2n) is 20.8. The molecular formula is C55H66N8O6S. The first kappa shape index (κ1) is 50.0. The summed E-state index contributed by atoms with van der Waals surface area (Å²) in [5.74, 6) is -0.875. The molecule has 8 rings (SSSR count). The van der Waals surface area contributed by atoms with Gasteiger partial charge in [-0.1, -0.05) is 84.7 Å². The third kappa shape index (κ3) is 10.3. The highest BCUT2D eigenvalue weighted by Gasteiger charge is 2.45. The van der Waals surface area contributed by atoms with Crippen LogP contribution >= 0.6 is 11.3 Å². The molecule has 2 aromatic heterocycles. The van der Waals surface area contributed by atoms with Gasteiger partial charge in [-0.25, -0.2) is 4.98 Å². The molecule has 368 valence electrons. The number of aryl methyl sites for hydroxylation is 2. The molecule has 4 heterocycles. The van der Waals surface area contributed by atoms with Crippen LogP contribution in [-0.2, 0) is 37.6 Å². The monoisotopic (exact) mass is 966 g/mol. The van der Waals surface area contributed by atoms with E-state index in [2.05, 4.69) is 64.5 Å². The number of amides is 4. The third-order valence-electron chi connectivity index (χ3n) is 14.5. The number of carbonyl (C=O) groups is 5. The molecule has 3 aromatic carbocycles. The van der Waals surface area contributed by atoms with Gasteiger partial charge in [0.15, 0.2) is 5.78 Å². The van der Waals surface area contributed by atoms with Crippen LogP contribution in [0.2, 0.25) is 0 Å². The number of anilines is 1. The van der Waals surface area contributed by atoms with Crippen LogP contribution in [0, 0.1) is 23.7 Å². The van der Waals surface area contributed by atoms with Gasteiger partial charge in [0.05, 0.1) is 39.4 Å². The largest absolute Gasteiger partial charge is 0.391 e. The fraction of sp³-hybridized carbons (Fsp3) is 0.473. The molecule has 4 amide bonds. The van der Waals surface area contributed by atoms with Crippen LogP contribution < -0.4 is 15.5 Å². The lowest BCUT2D eigenvalue weighted by atomic mass is 9.70. The maximum absolute atomic E-state index is 14.1. The van der Waals surface area contributed by atoms with Crippen molar-refractivity contribution < 1.29 is 29.1 Å². The number of hydrogen-bond donors (Lipinski definition) is 4. The van der Waals surface area contributed by atoms with Crippen molar-refractivity contribution in [3.05, 3.63) is 105 Å². The number of aromatic amines is 1. The summed E-state index contributed by atoms with van der Waals surface area (Å²) >= 11 is 1.58. The number of benzene rings is 3. The predicted molar refractivity (Wildman–Crippen MR) is 273 cm³/mol. The highest BCUT2D eigenvalue weighted by Crippen LogP contribution is 2.46. The van der Waals surface area contributed by atoms with E-state index in [0.717, 1.165) is 79.9 Å². The van der Waals surface area contributed by atoms with Gasteiger partial charge in [-0.3, -0.25) is 24.0 Å². The summed E-state index contributed by atoms with van der Waals surface area (Å²) in [6.45, 7) is 16.8. The lowest BCUT2D eigenvalue weighted by Gasteiger charge is -2.39. The number of aromatic nitrogens is 2. The summed E-state index contributed by atoms with van der Waals surface area (Å²) in [7, 11) is 0. The van der Waals surface area contributed by atoms with E-state index in [0.29, 0.717) is 56.6 Å². The number of rotatable bonds is 15. The number of H-pyrrole nitrogens is 1. The molecule has 3 atom stereocenters. The number of ketones is 1. The number of carbonyl (C=O) groups excluding carboxylic acids is 5. The summed E-state index contributed by atoms with van der Waals surface area (Å²) in [5.41, 5.74) is 10.4. The van der Waals surface area contributed by atoms with Crippen molar-refractivity contribution in [2.45, 2.75) is 130 Å². The zero-order chi connectivity index (χ0) is 50.1. The zero-order valence-electron chi connectivity index (χ0n) is 41.5. The highest BCUT2D eigenvalue weighted by molar-refractivity contribution is 7.13. The molecule has 2 aliphatic heterocycles. The normalized spacial score (nSPS) is 18.0. The Morgan fingerprint density at radius 2 is 1.70 bits per heavy atom. The van der Waals surface area contributed by atoms with Gasteiger partial charge in [0.1, 0.15) is 12.1 Å². The van der Waals surface area contributed by atoms with Crippen LogP contribution in [0.15, 0.2) is 60.1 Å². The first-order chi connectivity index (χ1) is 33.4. The van der Waals surface area contributed by atoms with Crippen molar-refractivity contribution in [3.8, 4) is 16.5 Å². The van der Waals surface area contributed by atoms with Gasteiger partial charge in [-0.05, 0) is 78.1 Å². The van der Waals surface area contributed by atoms with Crippen LogP contribution in [0.1, 0.15) is 136 Å². The van der Waals surface area contributed by atoms with Crippen LogP contribution in [0.25, 0.3) is 21.3 Å². The second kappa shape index (κ2) is 20.5. The smallest absolute Gasteiger partial charge is 0.246 e. The Morgan fingerprint density at radius 3 is 2.36 bits per heavy atom. The number of β-amino-alcohol motifs (C(OH)–C–C–N with tert-alkyl or cyclic N) is 1. The Kier molecular flexibility index (Phi) is 14.7. The number of aliphatic hydroxyl groups excluding tert-OH is 1. The van der Waals surface area contributed by atoms with E-state index < -0.39 is 34.9 Å². The van der Waals surface area contributed by atoms with Gasteiger partial charge in [0, 0.05) is 91.8 Å². The maximum atomic E-state index is 14.1. The van der Waals surface area contributed by atoms with Gasteiger partial charge in [0.25, 0.3) is 0 Å². The number of hydrogen-bond acceptors (Lipinski definition) is 10. The van der Waals surface area contributed by atoms with Crippen molar-refractivity contribution in [2.24, 2.45) is 5.41 Å². The molecule has 1 aliphatic carbocycles. The summed E-state index contributed by atoms with van der Waals surface area (Å²) in [5, 5.41) is 26.9. The second-order valence-corrected chi connectivity index (χ2v) is 21.7. The number of aliphatic hydroxyl groups is 1. The fourth-order valence-corrected chi connectivity index (χ4v) is 11.3. The van der Waals surface area contributed by atoms with E-state index in [1.54, 1.807) is 23.5 Å². The minimum atomic E-state index is -0.896. The standard InChI is InChI=1S/C55H66N8O6S/c1-8-36-26-40-41(55(6,7)50-47(48(40)67)39-20-17-35(29-56)25-42(39)59-50)28-43(36)61-21-23-62(24-22-61)46(66)14-12-10-9-11-13-45(65)60-51(54(3,4)5)53(69)63-31-38(64)27-44(63)52(68)57-30-34-15-18-37(19-16-34)49-33(2)58-32-70-49/h15-20,25-26,28,32,38,44,51,59,64H,8-14,21-24,27,30-31H2,1-7H3,(H,57,68)(H,60,65)/t38-,44+,51-/m1/s1. The number of nitrogens with one attached hydrogen (secondary N) is 3. The van der Waals surface area contributed by atoms with Crippen LogP contribution in [-0.4, -0.2) is 105 Å². The van der Waals surface area contributed by atoms with E-state index in [4.69, 9.17) is 0 Å². The van der Waals surface area contributed by atoms with Crippen LogP contribution in [0.3, 0.4) is 0 Å². The number of fused-ring (bicyclic) bond motifs is 4. The molecular weight excluding hydrogens is 901 g/mol. The molecule has 0 unspecified atom stereocenters. The molecule has 0 spiro atoms. The minimum absolute atomic E-state index is 0.00379. The first-order valence-corrected chi connectivity index (χ1v) is 25.6. The average Bonchev–Trinajstić information content (AvgIpc) is 4.08. The summed E-state index contributed by atoms with van der Waals surface area (Å²) in [6, 6.07) is 18.0. The minimum Gasteiger partial charge on any atom is -0.391 e. The van der Waals surface area contributed by atoms with Gasteiger partial charge in [-0.15, -0.1) is 11.3 Å². The Balaban J connectivity index is 0.780. The number of piperazine rings is 1. The van der Waals surface area contributed by atoms with Crippen molar-refractivity contribution in [1.82, 2.24) is 30.4 Å². The Morgan fingerprint density at radius 1 is 0.986 bits per heavy atom. The zero-order valence-corrected chi connectivity index (χ0v) is 42.4. The molecule has 3 aliphatic rings. The Hall–Kier alpha value is -6.37.